The molecule has 0 heterocycles. The van der Waals surface area contributed by atoms with E-state index in [1.807, 2.05) is 26.0 Å². The van der Waals surface area contributed by atoms with Gasteiger partial charge in [0.15, 0.2) is 0 Å². The normalized spacial score (nSPS) is 11.3. The zero-order chi connectivity index (χ0) is 17.4. The monoisotopic (exact) mass is 312 g/mol. The first-order valence-electron chi connectivity index (χ1n) is 7.34. The quantitative estimate of drug-likeness (QED) is 0.894. The maximum Gasteiger partial charge on any atom is 0.335 e. The number of rotatable bonds is 4. The highest BCUT2D eigenvalue weighted by Gasteiger charge is 2.29. The van der Waals surface area contributed by atoms with Crippen molar-refractivity contribution in [2.75, 3.05) is 0 Å². The molecule has 4 heteroatoms. The summed E-state index contributed by atoms with van der Waals surface area (Å²) in [7, 11) is 0. The fourth-order valence-corrected chi connectivity index (χ4v) is 3.23. The van der Waals surface area contributed by atoms with E-state index in [1.165, 1.54) is 0 Å². The molecule has 0 unspecified atom stereocenters. The molecule has 0 saturated carbocycles. The van der Waals surface area contributed by atoms with Crippen molar-refractivity contribution >= 4 is 11.9 Å². The molecule has 0 atom stereocenters. The lowest BCUT2D eigenvalue weighted by Gasteiger charge is -2.30. The Hall–Kier alpha value is -2.62. The molecule has 0 aliphatic heterocycles. The molecule has 0 spiro atoms. The van der Waals surface area contributed by atoms with Crippen molar-refractivity contribution in [1.82, 2.24) is 0 Å². The molecule has 0 saturated heterocycles. The van der Waals surface area contributed by atoms with Crippen LogP contribution in [0.3, 0.4) is 0 Å². The van der Waals surface area contributed by atoms with Gasteiger partial charge in [-0.2, -0.15) is 0 Å². The number of carboxylic acid groups (broad SMARTS) is 2. The third-order valence-electron chi connectivity index (χ3n) is 4.48. The van der Waals surface area contributed by atoms with Crippen LogP contribution >= 0.6 is 0 Å². The summed E-state index contributed by atoms with van der Waals surface area (Å²) >= 11 is 0. The van der Waals surface area contributed by atoms with Crippen LogP contribution in [0.15, 0.2) is 36.4 Å². The molecular formula is C19H20O4. The maximum absolute atomic E-state index is 11.4. The van der Waals surface area contributed by atoms with Crippen LogP contribution in [0.2, 0.25) is 0 Å². The summed E-state index contributed by atoms with van der Waals surface area (Å²) in [6.07, 6.45) is 0. The minimum Gasteiger partial charge on any atom is -0.478 e. The Morgan fingerprint density at radius 3 is 1.43 bits per heavy atom. The van der Waals surface area contributed by atoms with Crippen LogP contribution in [0, 0.1) is 13.8 Å². The molecule has 120 valence electrons. The number of carbonyl (C=O) groups is 2. The van der Waals surface area contributed by atoms with Gasteiger partial charge in [-0.25, -0.2) is 9.59 Å². The number of hydrogen-bond acceptors (Lipinski definition) is 2. The van der Waals surface area contributed by atoms with Gasteiger partial charge in [0.1, 0.15) is 0 Å². The summed E-state index contributed by atoms with van der Waals surface area (Å²) in [5, 5.41) is 18.6. The second kappa shape index (κ2) is 5.88. The van der Waals surface area contributed by atoms with Gasteiger partial charge in [-0.1, -0.05) is 38.1 Å². The smallest absolute Gasteiger partial charge is 0.335 e. The Labute approximate surface area is 135 Å². The topological polar surface area (TPSA) is 74.6 Å². The molecule has 23 heavy (non-hydrogen) atoms. The standard InChI is InChI=1S/C19H20O4/c1-11-13(17(20)21)7-5-9-15(11)19(3,4)16-10-6-8-14(12(16)2)18(22)23/h5-10H,1-4H3,(H,20,21)(H,22,23). The van der Waals surface area contributed by atoms with E-state index in [2.05, 4.69) is 0 Å². The second-order valence-corrected chi connectivity index (χ2v) is 6.19. The van der Waals surface area contributed by atoms with Crippen LogP contribution in [0.1, 0.15) is 56.8 Å². The van der Waals surface area contributed by atoms with E-state index in [9.17, 15) is 19.8 Å². The minimum absolute atomic E-state index is 0.266. The average Bonchev–Trinajstić information content (AvgIpc) is 2.46. The van der Waals surface area contributed by atoms with Crippen LogP contribution in [-0.2, 0) is 5.41 Å². The van der Waals surface area contributed by atoms with Gasteiger partial charge < -0.3 is 10.2 Å². The predicted octanol–water partition coefficient (Wildman–Crippen LogP) is 4.03. The fraction of sp³-hybridized carbons (Fsp3) is 0.263. The third kappa shape index (κ3) is 2.84. The maximum atomic E-state index is 11.4. The first-order valence-corrected chi connectivity index (χ1v) is 7.34. The van der Waals surface area contributed by atoms with Crippen LogP contribution < -0.4 is 0 Å². The van der Waals surface area contributed by atoms with Gasteiger partial charge in [-0.15, -0.1) is 0 Å². The SMILES string of the molecule is Cc1c(C(=O)O)cccc1C(C)(C)c1cccc(C(=O)O)c1C. The Kier molecular flexibility index (Phi) is 4.28. The highest BCUT2D eigenvalue weighted by atomic mass is 16.4. The van der Waals surface area contributed by atoms with E-state index < -0.39 is 17.4 Å². The van der Waals surface area contributed by atoms with Crippen molar-refractivity contribution in [3.05, 3.63) is 69.8 Å². The van der Waals surface area contributed by atoms with Gasteiger partial charge >= 0.3 is 11.9 Å². The van der Waals surface area contributed by atoms with Gasteiger partial charge in [0.2, 0.25) is 0 Å². The molecule has 0 aliphatic rings. The zero-order valence-corrected chi connectivity index (χ0v) is 13.7. The molecular weight excluding hydrogens is 292 g/mol. The number of hydrogen-bond donors (Lipinski definition) is 2. The molecule has 2 N–H and O–H groups in total. The van der Waals surface area contributed by atoms with Gasteiger partial charge in [0.25, 0.3) is 0 Å². The van der Waals surface area contributed by atoms with Gasteiger partial charge in [0.05, 0.1) is 11.1 Å². The lowest BCUT2D eigenvalue weighted by atomic mass is 9.73. The molecule has 0 aliphatic carbocycles. The zero-order valence-electron chi connectivity index (χ0n) is 13.7. The van der Waals surface area contributed by atoms with Crippen LogP contribution in [-0.4, -0.2) is 22.2 Å². The van der Waals surface area contributed by atoms with Gasteiger partial charge in [-0.3, -0.25) is 0 Å². The van der Waals surface area contributed by atoms with E-state index in [-0.39, 0.29) is 11.1 Å². The summed E-state index contributed by atoms with van der Waals surface area (Å²) in [4.78, 5) is 22.7. The molecule has 0 radical (unpaired) electrons. The lowest BCUT2D eigenvalue weighted by molar-refractivity contribution is 0.0685. The number of aromatic carboxylic acids is 2. The van der Waals surface area contributed by atoms with Crippen LogP contribution in [0.4, 0.5) is 0 Å². The molecule has 2 aromatic rings. The van der Waals surface area contributed by atoms with E-state index in [0.717, 1.165) is 11.1 Å². The second-order valence-electron chi connectivity index (χ2n) is 6.19. The first kappa shape index (κ1) is 16.7. The number of benzene rings is 2. The molecule has 0 fully saturated rings. The molecule has 2 rings (SSSR count). The molecule has 0 bridgehead atoms. The fourth-order valence-electron chi connectivity index (χ4n) is 3.23. The van der Waals surface area contributed by atoms with Crippen LogP contribution in [0.5, 0.6) is 0 Å². The Morgan fingerprint density at radius 2 is 1.13 bits per heavy atom. The van der Waals surface area contributed by atoms with Crippen molar-refractivity contribution in [2.45, 2.75) is 33.1 Å². The molecule has 4 nitrogen and oxygen atoms in total. The van der Waals surface area contributed by atoms with E-state index in [1.54, 1.807) is 38.1 Å². The predicted molar refractivity (Wildman–Crippen MR) is 88.4 cm³/mol. The Bertz CT molecular complexity index is 722. The lowest BCUT2D eigenvalue weighted by Crippen LogP contribution is -2.23. The first-order chi connectivity index (χ1) is 10.7. The average molecular weight is 312 g/mol. The van der Waals surface area contributed by atoms with Crippen molar-refractivity contribution in [3.8, 4) is 0 Å². The van der Waals surface area contributed by atoms with Crippen LogP contribution in [0.25, 0.3) is 0 Å². The Balaban J connectivity index is 2.69. The van der Waals surface area contributed by atoms with Gasteiger partial charge in [0, 0.05) is 5.41 Å². The van der Waals surface area contributed by atoms with Crippen molar-refractivity contribution in [2.24, 2.45) is 0 Å². The van der Waals surface area contributed by atoms with E-state index in [0.29, 0.717) is 11.1 Å². The summed E-state index contributed by atoms with van der Waals surface area (Å²) in [5.41, 5.74) is 3.18. The largest absolute Gasteiger partial charge is 0.478 e. The highest BCUT2D eigenvalue weighted by molar-refractivity contribution is 5.91. The molecule has 0 aromatic heterocycles. The molecule has 2 aromatic carbocycles. The van der Waals surface area contributed by atoms with Crippen molar-refractivity contribution in [3.63, 3.8) is 0 Å². The van der Waals surface area contributed by atoms with Crippen molar-refractivity contribution in [1.29, 1.82) is 0 Å². The summed E-state index contributed by atoms with van der Waals surface area (Å²) in [5.74, 6) is -1.92. The van der Waals surface area contributed by atoms with Gasteiger partial charge in [-0.05, 0) is 48.2 Å². The Morgan fingerprint density at radius 1 is 0.783 bits per heavy atom. The van der Waals surface area contributed by atoms with E-state index >= 15 is 0 Å². The molecule has 0 amide bonds. The third-order valence-corrected chi connectivity index (χ3v) is 4.48. The highest BCUT2D eigenvalue weighted by Crippen LogP contribution is 2.37. The van der Waals surface area contributed by atoms with E-state index in [4.69, 9.17) is 0 Å². The minimum atomic E-state index is -0.962. The number of carboxylic acids is 2. The summed E-state index contributed by atoms with van der Waals surface area (Å²) in [6, 6.07) is 10.4. The summed E-state index contributed by atoms with van der Waals surface area (Å²) < 4.78 is 0. The van der Waals surface area contributed by atoms with Crippen molar-refractivity contribution < 1.29 is 19.8 Å². The summed E-state index contributed by atoms with van der Waals surface area (Å²) in [6.45, 7) is 7.54.